The Balaban J connectivity index is 2.59. The van der Waals surface area contributed by atoms with Crippen LogP contribution in [0.15, 0.2) is 24.3 Å². The van der Waals surface area contributed by atoms with Gasteiger partial charge in [0.1, 0.15) is 5.82 Å². The Morgan fingerprint density at radius 3 is 2.58 bits per heavy atom. The van der Waals surface area contributed by atoms with Gasteiger partial charge >= 0.3 is 0 Å². The third-order valence-corrected chi connectivity index (χ3v) is 4.04. The molecule has 0 radical (unpaired) electrons. The van der Waals surface area contributed by atoms with Crippen molar-refractivity contribution in [3.8, 4) is 0 Å². The van der Waals surface area contributed by atoms with Crippen LogP contribution in [0.3, 0.4) is 0 Å². The molecule has 2 N–H and O–H groups in total. The molecule has 1 aromatic rings. The van der Waals surface area contributed by atoms with Crippen molar-refractivity contribution in [3.63, 3.8) is 0 Å². The summed E-state index contributed by atoms with van der Waals surface area (Å²) in [5, 5.41) is 0.376. The highest BCUT2D eigenvalue weighted by Crippen LogP contribution is 2.18. The third kappa shape index (κ3) is 5.20. The molecule has 0 aliphatic heterocycles. The lowest BCUT2D eigenvalue weighted by Crippen LogP contribution is -2.32. The minimum atomic E-state index is -0.293. The minimum Gasteiger partial charge on any atom is -0.330 e. The molecule has 1 amide bonds. The normalized spacial score (nSPS) is 12.2. The maximum atomic E-state index is 12.9. The van der Waals surface area contributed by atoms with E-state index in [1.807, 2.05) is 6.92 Å². The fourth-order valence-corrected chi connectivity index (χ4v) is 2.62. The van der Waals surface area contributed by atoms with Crippen molar-refractivity contribution in [1.82, 2.24) is 0 Å². The number of nitrogens with zero attached hydrogens (tertiary/aromatic N) is 1. The molecule has 3 nitrogen and oxygen atoms in total. The number of benzene rings is 1. The summed E-state index contributed by atoms with van der Waals surface area (Å²) in [6.45, 7) is 5.20. The van der Waals surface area contributed by atoms with Crippen LogP contribution in [0.4, 0.5) is 10.1 Å². The third-order valence-electron chi connectivity index (χ3n) is 2.82. The monoisotopic (exact) mass is 284 g/mol. The second-order valence-electron chi connectivity index (χ2n) is 4.31. The van der Waals surface area contributed by atoms with E-state index in [-0.39, 0.29) is 11.7 Å². The highest BCUT2D eigenvalue weighted by molar-refractivity contribution is 8.00. The molecular formula is C14H21FN2OS. The van der Waals surface area contributed by atoms with Crippen LogP contribution in [-0.2, 0) is 4.79 Å². The van der Waals surface area contributed by atoms with Gasteiger partial charge in [0, 0.05) is 17.5 Å². The van der Waals surface area contributed by atoms with Gasteiger partial charge in [-0.2, -0.15) is 0 Å². The molecule has 1 unspecified atom stereocenters. The van der Waals surface area contributed by atoms with E-state index in [2.05, 4.69) is 6.92 Å². The van der Waals surface area contributed by atoms with Crippen LogP contribution in [0, 0.1) is 5.82 Å². The van der Waals surface area contributed by atoms with Crippen molar-refractivity contribution in [2.24, 2.45) is 5.73 Å². The molecule has 0 aromatic heterocycles. The molecule has 0 aliphatic rings. The molecule has 0 saturated heterocycles. The Morgan fingerprint density at radius 2 is 2.05 bits per heavy atom. The molecule has 0 heterocycles. The highest BCUT2D eigenvalue weighted by atomic mass is 32.2. The van der Waals surface area contributed by atoms with E-state index in [0.29, 0.717) is 24.1 Å². The first-order chi connectivity index (χ1) is 9.08. The van der Waals surface area contributed by atoms with Gasteiger partial charge in [0.25, 0.3) is 0 Å². The minimum absolute atomic E-state index is 0.0444. The number of nitrogens with two attached hydrogens (primary N) is 1. The average molecular weight is 284 g/mol. The van der Waals surface area contributed by atoms with Crippen molar-refractivity contribution in [1.29, 1.82) is 0 Å². The zero-order valence-corrected chi connectivity index (χ0v) is 12.3. The number of carbonyl (C=O) groups excluding carboxylic acids is 1. The lowest BCUT2D eigenvalue weighted by molar-refractivity contribution is -0.116. The second kappa shape index (κ2) is 8.17. The summed E-state index contributed by atoms with van der Waals surface area (Å²) in [5.41, 5.74) is 6.22. The highest BCUT2D eigenvalue weighted by Gasteiger charge is 2.15. The number of hydrogen-bond donors (Lipinski definition) is 1. The van der Waals surface area contributed by atoms with E-state index >= 15 is 0 Å². The first-order valence-corrected chi connectivity index (χ1v) is 7.51. The zero-order valence-electron chi connectivity index (χ0n) is 11.4. The summed E-state index contributed by atoms with van der Waals surface area (Å²) in [7, 11) is 0. The lowest BCUT2D eigenvalue weighted by atomic mass is 10.3. The van der Waals surface area contributed by atoms with Crippen LogP contribution < -0.4 is 10.6 Å². The largest absolute Gasteiger partial charge is 0.330 e. The smallest absolute Gasteiger partial charge is 0.236 e. The standard InChI is InChI=1S/C14H21FN2OS/c1-3-17(13-6-4-12(15)5-7-13)14(18)10-19-11(2)8-9-16/h4-7,11H,3,8-10,16H2,1-2H3. The van der Waals surface area contributed by atoms with Gasteiger partial charge < -0.3 is 10.6 Å². The topological polar surface area (TPSA) is 46.3 Å². The summed E-state index contributed by atoms with van der Waals surface area (Å²) >= 11 is 1.61. The summed E-state index contributed by atoms with van der Waals surface area (Å²) in [6.07, 6.45) is 0.903. The molecule has 19 heavy (non-hydrogen) atoms. The quantitative estimate of drug-likeness (QED) is 0.837. The average Bonchev–Trinajstić information content (AvgIpc) is 2.40. The predicted molar refractivity (Wildman–Crippen MR) is 80.0 cm³/mol. The van der Waals surface area contributed by atoms with Gasteiger partial charge in [-0.3, -0.25) is 4.79 Å². The van der Waals surface area contributed by atoms with Gasteiger partial charge in [-0.15, -0.1) is 11.8 Å². The van der Waals surface area contributed by atoms with Crippen molar-refractivity contribution in [2.45, 2.75) is 25.5 Å². The molecule has 0 spiro atoms. The molecule has 0 bridgehead atoms. The summed E-state index contributed by atoms with van der Waals surface area (Å²) in [6, 6.07) is 6.00. The van der Waals surface area contributed by atoms with Crippen molar-refractivity contribution in [3.05, 3.63) is 30.1 Å². The molecule has 0 saturated carbocycles. The van der Waals surface area contributed by atoms with Crippen molar-refractivity contribution >= 4 is 23.4 Å². The van der Waals surface area contributed by atoms with Crippen LogP contribution in [-0.4, -0.2) is 30.0 Å². The van der Waals surface area contributed by atoms with Crippen LogP contribution in [0.1, 0.15) is 20.3 Å². The molecule has 1 atom stereocenters. The molecule has 0 fully saturated rings. The number of thioether (sulfide) groups is 1. The zero-order chi connectivity index (χ0) is 14.3. The van der Waals surface area contributed by atoms with E-state index in [1.54, 1.807) is 28.8 Å². The van der Waals surface area contributed by atoms with Gasteiger partial charge in [0.2, 0.25) is 5.91 Å². The SMILES string of the molecule is CCN(C(=O)CSC(C)CCN)c1ccc(F)cc1. The summed E-state index contributed by atoms with van der Waals surface area (Å²) in [4.78, 5) is 13.8. The summed E-state index contributed by atoms with van der Waals surface area (Å²) in [5.74, 6) is 0.174. The fraction of sp³-hybridized carbons (Fsp3) is 0.500. The van der Waals surface area contributed by atoms with E-state index < -0.39 is 0 Å². The predicted octanol–water partition coefficient (Wildman–Crippen LogP) is 2.65. The number of hydrogen-bond acceptors (Lipinski definition) is 3. The van der Waals surface area contributed by atoms with E-state index in [9.17, 15) is 9.18 Å². The van der Waals surface area contributed by atoms with Crippen LogP contribution in [0.2, 0.25) is 0 Å². The van der Waals surface area contributed by atoms with Gasteiger partial charge in [0.05, 0.1) is 5.75 Å². The van der Waals surface area contributed by atoms with Crippen molar-refractivity contribution < 1.29 is 9.18 Å². The fourth-order valence-electron chi connectivity index (χ4n) is 1.73. The van der Waals surface area contributed by atoms with E-state index in [4.69, 9.17) is 5.73 Å². The molecular weight excluding hydrogens is 263 g/mol. The number of rotatable bonds is 7. The second-order valence-corrected chi connectivity index (χ2v) is 5.74. The molecule has 1 rings (SSSR count). The van der Waals surface area contributed by atoms with E-state index in [1.165, 1.54) is 12.1 Å². The van der Waals surface area contributed by atoms with Gasteiger partial charge in [0.15, 0.2) is 0 Å². The number of carbonyl (C=O) groups is 1. The maximum absolute atomic E-state index is 12.9. The molecule has 1 aromatic carbocycles. The Kier molecular flexibility index (Phi) is 6.87. The first kappa shape index (κ1) is 16.0. The van der Waals surface area contributed by atoms with E-state index in [0.717, 1.165) is 12.1 Å². The maximum Gasteiger partial charge on any atom is 0.236 e. The molecule has 5 heteroatoms. The van der Waals surface area contributed by atoms with Crippen LogP contribution in [0.5, 0.6) is 0 Å². The molecule has 0 aliphatic carbocycles. The summed E-state index contributed by atoms with van der Waals surface area (Å²) < 4.78 is 12.9. The Morgan fingerprint density at radius 1 is 1.42 bits per heavy atom. The van der Waals surface area contributed by atoms with Crippen LogP contribution in [0.25, 0.3) is 0 Å². The van der Waals surface area contributed by atoms with Gasteiger partial charge in [-0.25, -0.2) is 4.39 Å². The Hall–Kier alpha value is -1.07. The van der Waals surface area contributed by atoms with Gasteiger partial charge in [-0.1, -0.05) is 6.92 Å². The van der Waals surface area contributed by atoms with Gasteiger partial charge in [-0.05, 0) is 44.2 Å². The Labute approximate surface area is 118 Å². The first-order valence-electron chi connectivity index (χ1n) is 6.46. The molecule has 106 valence electrons. The van der Waals surface area contributed by atoms with Crippen LogP contribution >= 0.6 is 11.8 Å². The lowest BCUT2D eigenvalue weighted by Gasteiger charge is -2.21. The number of halogens is 1. The number of anilines is 1. The Bertz CT molecular complexity index is 397. The van der Waals surface area contributed by atoms with Crippen molar-refractivity contribution in [2.75, 3.05) is 23.7 Å². The number of amides is 1.